The van der Waals surface area contributed by atoms with Gasteiger partial charge >= 0.3 is 0 Å². The number of hydrogen-bond acceptors (Lipinski definition) is 1. The lowest BCUT2D eigenvalue weighted by atomic mass is 9.71. The molecule has 0 aliphatic carbocycles. The smallest absolute Gasteiger partial charge is 0.162 e. The molecule has 1 saturated heterocycles. The molecule has 0 unspecified atom stereocenters. The van der Waals surface area contributed by atoms with Crippen molar-refractivity contribution in [2.45, 2.75) is 11.8 Å². The van der Waals surface area contributed by atoms with Gasteiger partial charge in [-0.15, -0.1) is 0 Å². The molecule has 1 heterocycles. The van der Waals surface area contributed by atoms with Crippen molar-refractivity contribution < 1.29 is 13.2 Å². The Labute approximate surface area is 115 Å². The van der Waals surface area contributed by atoms with Crippen molar-refractivity contribution in [2.75, 3.05) is 13.1 Å². The maximum absolute atomic E-state index is 13.8. The van der Waals surface area contributed by atoms with E-state index in [1.165, 1.54) is 18.2 Å². The van der Waals surface area contributed by atoms with Crippen LogP contribution in [0.5, 0.6) is 0 Å². The van der Waals surface area contributed by atoms with Gasteiger partial charge in [0.1, 0.15) is 5.82 Å². The van der Waals surface area contributed by atoms with Gasteiger partial charge in [0.2, 0.25) is 0 Å². The lowest BCUT2D eigenvalue weighted by Gasteiger charge is -2.43. The molecule has 1 aliphatic heterocycles. The highest BCUT2D eigenvalue weighted by Gasteiger charge is 2.39. The predicted molar refractivity (Wildman–Crippen MR) is 71.0 cm³/mol. The van der Waals surface area contributed by atoms with E-state index in [-0.39, 0.29) is 11.2 Å². The van der Waals surface area contributed by atoms with Crippen molar-refractivity contribution in [3.63, 3.8) is 0 Å². The summed E-state index contributed by atoms with van der Waals surface area (Å²) in [4.78, 5) is 0. The molecule has 2 aromatic carbocycles. The molecule has 1 aliphatic rings. The first-order chi connectivity index (χ1) is 9.61. The maximum atomic E-state index is 13.8. The molecule has 0 spiro atoms. The van der Waals surface area contributed by atoms with E-state index >= 15 is 0 Å². The molecule has 20 heavy (non-hydrogen) atoms. The van der Waals surface area contributed by atoms with Crippen molar-refractivity contribution >= 4 is 0 Å². The van der Waals surface area contributed by atoms with Crippen LogP contribution in [0.4, 0.5) is 13.2 Å². The molecule has 0 radical (unpaired) electrons. The third kappa shape index (κ3) is 2.20. The Balaban J connectivity index is 1.96. The summed E-state index contributed by atoms with van der Waals surface area (Å²) in [6, 6.07) is 10.5. The highest BCUT2D eigenvalue weighted by Crippen LogP contribution is 2.33. The maximum Gasteiger partial charge on any atom is 0.162 e. The average molecular weight is 277 g/mol. The zero-order valence-electron chi connectivity index (χ0n) is 10.8. The van der Waals surface area contributed by atoms with E-state index in [0.717, 1.165) is 11.6 Å². The van der Waals surface area contributed by atoms with Gasteiger partial charge in [-0.05, 0) is 35.7 Å². The summed E-state index contributed by atoms with van der Waals surface area (Å²) >= 11 is 0. The molecule has 1 nitrogen and oxygen atoms in total. The normalized spacial score (nSPS) is 16.8. The average Bonchev–Trinajstić information content (AvgIpc) is 2.38. The summed E-state index contributed by atoms with van der Waals surface area (Å²) in [6.45, 7) is 1.26. The Kier molecular flexibility index (Phi) is 3.26. The van der Waals surface area contributed by atoms with E-state index < -0.39 is 11.6 Å². The van der Waals surface area contributed by atoms with Crippen LogP contribution in [0.2, 0.25) is 0 Å². The highest BCUT2D eigenvalue weighted by molar-refractivity contribution is 5.34. The lowest BCUT2D eigenvalue weighted by molar-refractivity contribution is 0.270. The van der Waals surface area contributed by atoms with E-state index in [1.807, 2.05) is 6.07 Å². The molecular weight excluding hydrogens is 263 g/mol. The molecule has 0 bridgehead atoms. The van der Waals surface area contributed by atoms with Crippen LogP contribution in [0.1, 0.15) is 11.1 Å². The predicted octanol–water partition coefficient (Wildman–Crippen LogP) is 3.19. The Morgan fingerprint density at radius 3 is 2.40 bits per heavy atom. The van der Waals surface area contributed by atoms with Crippen molar-refractivity contribution in [3.8, 4) is 0 Å². The summed E-state index contributed by atoms with van der Waals surface area (Å²) in [5.41, 5.74) is 0.784. The van der Waals surface area contributed by atoms with Gasteiger partial charge in [-0.25, -0.2) is 13.2 Å². The molecule has 0 atom stereocenters. The van der Waals surface area contributed by atoms with Crippen LogP contribution < -0.4 is 5.32 Å². The first kappa shape index (κ1) is 13.2. The quantitative estimate of drug-likeness (QED) is 0.908. The molecule has 4 heteroatoms. The fraction of sp³-hybridized carbons (Fsp3) is 0.250. The molecule has 1 N–H and O–H groups in total. The Morgan fingerprint density at radius 2 is 1.75 bits per heavy atom. The van der Waals surface area contributed by atoms with Gasteiger partial charge in [0.25, 0.3) is 0 Å². The third-order valence-corrected chi connectivity index (χ3v) is 3.92. The first-order valence-electron chi connectivity index (χ1n) is 6.50. The number of hydrogen-bond donors (Lipinski definition) is 1. The number of rotatable bonds is 3. The lowest BCUT2D eigenvalue weighted by Crippen LogP contribution is -2.58. The van der Waals surface area contributed by atoms with Gasteiger partial charge in [-0.3, -0.25) is 0 Å². The van der Waals surface area contributed by atoms with Crippen LogP contribution >= 0.6 is 0 Å². The summed E-state index contributed by atoms with van der Waals surface area (Å²) in [5.74, 6) is -1.96. The van der Waals surface area contributed by atoms with Crippen molar-refractivity contribution in [3.05, 3.63) is 71.0 Å². The van der Waals surface area contributed by atoms with Crippen molar-refractivity contribution in [1.82, 2.24) is 5.32 Å². The summed E-state index contributed by atoms with van der Waals surface area (Å²) in [5, 5.41) is 3.14. The van der Waals surface area contributed by atoms with E-state index in [0.29, 0.717) is 25.1 Å². The van der Waals surface area contributed by atoms with Gasteiger partial charge in [-0.2, -0.15) is 0 Å². The summed E-state index contributed by atoms with van der Waals surface area (Å²) in [7, 11) is 0. The Hall–Kier alpha value is -1.81. The molecule has 1 fully saturated rings. The van der Waals surface area contributed by atoms with Gasteiger partial charge in [0.15, 0.2) is 11.6 Å². The molecule has 0 saturated carbocycles. The van der Waals surface area contributed by atoms with Crippen LogP contribution in [0.3, 0.4) is 0 Å². The second kappa shape index (κ2) is 4.94. The van der Waals surface area contributed by atoms with E-state index in [4.69, 9.17) is 0 Å². The molecule has 2 aromatic rings. The second-order valence-electron chi connectivity index (χ2n) is 5.28. The highest BCUT2D eigenvalue weighted by atomic mass is 19.2. The first-order valence-corrected chi connectivity index (χ1v) is 6.50. The Morgan fingerprint density at radius 1 is 1.00 bits per heavy atom. The minimum atomic E-state index is -0.843. The van der Waals surface area contributed by atoms with Crippen LogP contribution in [0.25, 0.3) is 0 Å². The second-order valence-corrected chi connectivity index (χ2v) is 5.28. The molecule has 0 aromatic heterocycles. The number of nitrogens with one attached hydrogen (secondary N) is 1. The van der Waals surface area contributed by atoms with E-state index in [1.54, 1.807) is 12.1 Å². The van der Waals surface area contributed by atoms with E-state index in [2.05, 4.69) is 5.32 Å². The fourth-order valence-electron chi connectivity index (χ4n) is 2.73. The summed E-state index contributed by atoms with van der Waals surface area (Å²) < 4.78 is 40.5. The van der Waals surface area contributed by atoms with Crippen LogP contribution in [-0.4, -0.2) is 13.1 Å². The van der Waals surface area contributed by atoms with Gasteiger partial charge in [0, 0.05) is 18.5 Å². The van der Waals surface area contributed by atoms with Gasteiger partial charge in [-0.1, -0.05) is 24.3 Å². The zero-order valence-corrected chi connectivity index (χ0v) is 10.8. The largest absolute Gasteiger partial charge is 0.315 e. The summed E-state index contributed by atoms with van der Waals surface area (Å²) in [6.07, 6.45) is 0.354. The SMILES string of the molecule is Fc1cccc(C2(Cc3cccc(F)c3F)CNC2)c1. The monoisotopic (exact) mass is 277 g/mol. The van der Waals surface area contributed by atoms with Gasteiger partial charge < -0.3 is 5.32 Å². The Bertz CT molecular complexity index is 635. The van der Waals surface area contributed by atoms with Crippen LogP contribution in [0, 0.1) is 17.5 Å². The van der Waals surface area contributed by atoms with Crippen LogP contribution in [0.15, 0.2) is 42.5 Å². The molecule has 0 amide bonds. The standard InChI is InChI=1S/C16H14F3N/c17-13-5-2-4-12(7-13)16(9-20-10-16)8-11-3-1-6-14(18)15(11)19/h1-7,20H,8-10H2. The topological polar surface area (TPSA) is 12.0 Å². The molecule has 104 valence electrons. The fourth-order valence-corrected chi connectivity index (χ4v) is 2.73. The molecular formula is C16H14F3N. The number of benzene rings is 2. The van der Waals surface area contributed by atoms with Crippen molar-refractivity contribution in [2.24, 2.45) is 0 Å². The van der Waals surface area contributed by atoms with E-state index in [9.17, 15) is 13.2 Å². The number of halogens is 3. The molecule has 3 rings (SSSR count). The van der Waals surface area contributed by atoms with Crippen LogP contribution in [-0.2, 0) is 11.8 Å². The van der Waals surface area contributed by atoms with Gasteiger partial charge in [0.05, 0.1) is 0 Å². The minimum Gasteiger partial charge on any atom is -0.315 e. The minimum absolute atomic E-state index is 0.312. The zero-order chi connectivity index (χ0) is 14.2. The van der Waals surface area contributed by atoms with Crippen molar-refractivity contribution in [1.29, 1.82) is 0 Å². The third-order valence-electron chi connectivity index (χ3n) is 3.92.